The maximum Gasteiger partial charge on any atom is 0.320 e. The van der Waals surface area contributed by atoms with Crippen LogP contribution in [-0.2, 0) is 11.3 Å². The van der Waals surface area contributed by atoms with E-state index in [1.807, 2.05) is 36.4 Å². The first-order valence-corrected chi connectivity index (χ1v) is 6.80. The lowest BCUT2D eigenvalue weighted by atomic mass is 10.1. The Hall–Kier alpha value is -2.11. The molecule has 2 rings (SSSR count). The first kappa shape index (κ1) is 15.3. The number of hydrogen-bond acceptors (Lipinski definition) is 4. The quantitative estimate of drug-likeness (QED) is 0.761. The van der Waals surface area contributed by atoms with Gasteiger partial charge in [-0.1, -0.05) is 24.3 Å². The van der Waals surface area contributed by atoms with Gasteiger partial charge >= 0.3 is 5.97 Å². The summed E-state index contributed by atoms with van der Waals surface area (Å²) < 4.78 is 5.68. The van der Waals surface area contributed by atoms with Gasteiger partial charge in [0.05, 0.1) is 12.6 Å². The predicted octanol–water partition coefficient (Wildman–Crippen LogP) is 2.56. The van der Waals surface area contributed by atoms with Crippen LogP contribution in [0, 0.1) is 0 Å². The van der Waals surface area contributed by atoms with Crippen molar-refractivity contribution in [2.24, 2.45) is 0 Å². The fourth-order valence-corrected chi connectivity index (χ4v) is 1.89. The van der Waals surface area contributed by atoms with Crippen LogP contribution >= 0.6 is 0 Å². The van der Waals surface area contributed by atoms with Crippen molar-refractivity contribution < 1.29 is 19.4 Å². The molecule has 1 aromatic heterocycles. The van der Waals surface area contributed by atoms with E-state index in [4.69, 9.17) is 9.52 Å². The maximum absolute atomic E-state index is 10.7. The summed E-state index contributed by atoms with van der Waals surface area (Å²) in [6.45, 7) is 3.66. The molecule has 0 aliphatic heterocycles. The number of benzene rings is 1. The van der Waals surface area contributed by atoms with E-state index in [2.05, 4.69) is 5.32 Å². The highest BCUT2D eigenvalue weighted by Gasteiger charge is 2.11. The van der Waals surface area contributed by atoms with Gasteiger partial charge in [-0.25, -0.2) is 0 Å². The molecule has 0 saturated carbocycles. The maximum atomic E-state index is 10.7. The molecule has 21 heavy (non-hydrogen) atoms. The number of aliphatic hydroxyl groups is 1. The summed E-state index contributed by atoms with van der Waals surface area (Å²) in [5, 5.41) is 21.1. The van der Waals surface area contributed by atoms with E-state index < -0.39 is 18.1 Å². The summed E-state index contributed by atoms with van der Waals surface area (Å²) in [6.07, 6.45) is -0.493. The summed E-state index contributed by atoms with van der Waals surface area (Å²) in [6, 6.07) is 10.5. The molecule has 2 aromatic rings. The Morgan fingerprint density at radius 3 is 2.43 bits per heavy atom. The van der Waals surface area contributed by atoms with Crippen LogP contribution in [-0.4, -0.2) is 22.2 Å². The second-order valence-corrected chi connectivity index (χ2v) is 5.00. The monoisotopic (exact) mass is 289 g/mol. The number of furan rings is 1. The molecule has 5 heteroatoms. The van der Waals surface area contributed by atoms with E-state index >= 15 is 0 Å². The highest BCUT2D eigenvalue weighted by Crippen LogP contribution is 2.24. The van der Waals surface area contributed by atoms with Gasteiger partial charge in [-0.2, -0.15) is 0 Å². The Labute approximate surface area is 123 Å². The Morgan fingerprint density at radius 2 is 1.86 bits per heavy atom. The molecular weight excluding hydrogens is 270 g/mol. The lowest BCUT2D eigenvalue weighted by Gasteiger charge is -2.07. The average molecular weight is 289 g/mol. The minimum Gasteiger partial charge on any atom is -0.480 e. The minimum atomic E-state index is -0.893. The van der Waals surface area contributed by atoms with Crippen LogP contribution in [0.25, 0.3) is 11.3 Å². The molecule has 0 fully saturated rings. The zero-order valence-corrected chi connectivity index (χ0v) is 12.0. The minimum absolute atomic E-state index is 0.360. The number of carboxylic acids is 1. The summed E-state index contributed by atoms with van der Waals surface area (Å²) in [7, 11) is 0. The number of hydrogen-bond donors (Lipinski definition) is 3. The molecule has 0 aliphatic carbocycles. The van der Waals surface area contributed by atoms with Crippen LogP contribution in [0.5, 0.6) is 0 Å². The normalized spacial score (nSPS) is 13.9. The Bertz CT molecular complexity index is 601. The van der Waals surface area contributed by atoms with E-state index in [9.17, 15) is 9.90 Å². The van der Waals surface area contributed by atoms with Crippen LogP contribution < -0.4 is 5.32 Å². The SMILES string of the molecule is CC(NCc1ccc(-c2ccc(C(C)O)cc2)o1)C(=O)O. The third-order valence-corrected chi connectivity index (χ3v) is 3.29. The van der Waals surface area contributed by atoms with E-state index in [-0.39, 0.29) is 0 Å². The van der Waals surface area contributed by atoms with Gasteiger partial charge in [0.1, 0.15) is 17.6 Å². The Kier molecular flexibility index (Phi) is 4.77. The number of aliphatic hydroxyl groups excluding tert-OH is 1. The standard InChI is InChI=1S/C16H19NO4/c1-10(16(19)20)17-9-14-7-8-15(21-14)13-5-3-12(4-6-13)11(2)18/h3-8,10-11,17-18H,9H2,1-2H3,(H,19,20). The molecule has 0 amide bonds. The summed E-state index contributed by atoms with van der Waals surface area (Å²) in [4.78, 5) is 10.7. The summed E-state index contributed by atoms with van der Waals surface area (Å²) in [5.74, 6) is 0.500. The van der Waals surface area contributed by atoms with Gasteiger partial charge in [0.25, 0.3) is 0 Å². The van der Waals surface area contributed by atoms with Gasteiger partial charge in [0, 0.05) is 5.56 Å². The van der Waals surface area contributed by atoms with Gasteiger partial charge < -0.3 is 14.6 Å². The van der Waals surface area contributed by atoms with Gasteiger partial charge in [0.2, 0.25) is 0 Å². The smallest absolute Gasteiger partial charge is 0.320 e. The number of nitrogens with one attached hydrogen (secondary N) is 1. The van der Waals surface area contributed by atoms with Gasteiger partial charge in [-0.05, 0) is 31.5 Å². The van der Waals surface area contributed by atoms with Crippen molar-refractivity contribution in [1.29, 1.82) is 0 Å². The molecule has 1 aromatic carbocycles. The fraction of sp³-hybridized carbons (Fsp3) is 0.312. The Balaban J connectivity index is 2.04. The zero-order chi connectivity index (χ0) is 15.4. The number of aliphatic carboxylic acids is 1. The Morgan fingerprint density at radius 1 is 1.19 bits per heavy atom. The highest BCUT2D eigenvalue weighted by molar-refractivity contribution is 5.72. The lowest BCUT2D eigenvalue weighted by Crippen LogP contribution is -2.32. The van der Waals surface area contributed by atoms with Crippen molar-refractivity contribution in [2.75, 3.05) is 0 Å². The van der Waals surface area contributed by atoms with Crippen LogP contribution in [0.15, 0.2) is 40.8 Å². The van der Waals surface area contributed by atoms with Crippen molar-refractivity contribution in [3.05, 3.63) is 47.7 Å². The zero-order valence-electron chi connectivity index (χ0n) is 12.0. The van der Waals surface area contributed by atoms with Crippen LogP contribution in [0.4, 0.5) is 0 Å². The molecule has 0 saturated heterocycles. The molecular formula is C16H19NO4. The van der Waals surface area contributed by atoms with Crippen molar-refractivity contribution >= 4 is 5.97 Å². The van der Waals surface area contributed by atoms with E-state index in [0.717, 1.165) is 11.1 Å². The van der Waals surface area contributed by atoms with E-state index in [1.165, 1.54) is 0 Å². The third-order valence-electron chi connectivity index (χ3n) is 3.29. The lowest BCUT2D eigenvalue weighted by molar-refractivity contribution is -0.139. The summed E-state index contributed by atoms with van der Waals surface area (Å²) in [5.41, 5.74) is 1.76. The van der Waals surface area contributed by atoms with Gasteiger partial charge in [0.15, 0.2) is 0 Å². The third kappa shape index (κ3) is 3.93. The van der Waals surface area contributed by atoms with Crippen LogP contribution in [0.2, 0.25) is 0 Å². The predicted molar refractivity (Wildman–Crippen MR) is 78.7 cm³/mol. The van der Waals surface area contributed by atoms with Crippen molar-refractivity contribution in [1.82, 2.24) is 5.32 Å². The van der Waals surface area contributed by atoms with Gasteiger partial charge in [-0.15, -0.1) is 0 Å². The average Bonchev–Trinajstić information content (AvgIpc) is 2.93. The second kappa shape index (κ2) is 6.56. The first-order chi connectivity index (χ1) is 9.97. The molecule has 0 bridgehead atoms. The largest absolute Gasteiger partial charge is 0.480 e. The molecule has 2 unspecified atom stereocenters. The number of carbonyl (C=O) groups is 1. The summed E-state index contributed by atoms with van der Waals surface area (Å²) >= 11 is 0. The number of rotatable bonds is 6. The molecule has 1 heterocycles. The van der Waals surface area contributed by atoms with Crippen LogP contribution in [0.1, 0.15) is 31.3 Å². The molecule has 2 atom stereocenters. The van der Waals surface area contributed by atoms with Crippen LogP contribution in [0.3, 0.4) is 0 Å². The molecule has 112 valence electrons. The topological polar surface area (TPSA) is 82.7 Å². The van der Waals surface area contributed by atoms with E-state index in [0.29, 0.717) is 18.1 Å². The van der Waals surface area contributed by atoms with Crippen molar-refractivity contribution in [3.63, 3.8) is 0 Å². The second-order valence-electron chi connectivity index (χ2n) is 5.00. The van der Waals surface area contributed by atoms with Crippen molar-refractivity contribution in [2.45, 2.75) is 32.5 Å². The molecule has 0 radical (unpaired) electrons. The van der Waals surface area contributed by atoms with Gasteiger partial charge in [-0.3, -0.25) is 10.1 Å². The highest BCUT2D eigenvalue weighted by atomic mass is 16.4. The first-order valence-electron chi connectivity index (χ1n) is 6.80. The molecule has 0 aliphatic rings. The number of carboxylic acid groups (broad SMARTS) is 1. The van der Waals surface area contributed by atoms with Crippen molar-refractivity contribution in [3.8, 4) is 11.3 Å². The molecule has 0 spiro atoms. The fourth-order valence-electron chi connectivity index (χ4n) is 1.89. The van der Waals surface area contributed by atoms with E-state index in [1.54, 1.807) is 13.8 Å². The molecule has 5 nitrogen and oxygen atoms in total. The molecule has 3 N–H and O–H groups in total.